The summed E-state index contributed by atoms with van der Waals surface area (Å²) in [5.74, 6) is 0. The largest absolute Gasteiger partial charge is 0.135 e. The summed E-state index contributed by atoms with van der Waals surface area (Å²) in [4.78, 5) is 0. The quantitative estimate of drug-likeness (QED) is 0.178. The molecule has 1 heteroatoms. The van der Waals surface area contributed by atoms with Gasteiger partial charge in [-0.1, -0.05) is 157 Å². The second-order valence-corrected chi connectivity index (χ2v) is 14.7. The van der Waals surface area contributed by atoms with Gasteiger partial charge in [-0.15, -0.1) is 11.3 Å². The Kier molecular flexibility index (Phi) is 5.85. The first-order valence-electron chi connectivity index (χ1n) is 17.3. The van der Waals surface area contributed by atoms with Gasteiger partial charge in [0.15, 0.2) is 0 Å². The second-order valence-electron chi connectivity index (χ2n) is 13.6. The Morgan fingerprint density at radius 1 is 0.360 bits per heavy atom. The van der Waals surface area contributed by atoms with Gasteiger partial charge < -0.3 is 0 Å². The molecule has 0 unspecified atom stereocenters. The molecule has 0 bridgehead atoms. The Balaban J connectivity index is 1.25. The summed E-state index contributed by atoms with van der Waals surface area (Å²) in [6.45, 7) is 2.17. The van der Waals surface area contributed by atoms with Crippen LogP contribution in [0.2, 0.25) is 0 Å². The topological polar surface area (TPSA) is 0 Å². The minimum Gasteiger partial charge on any atom is -0.135 e. The zero-order valence-corrected chi connectivity index (χ0v) is 28.3. The van der Waals surface area contributed by atoms with Crippen molar-refractivity contribution >= 4 is 63.8 Å². The molecule has 0 spiro atoms. The highest BCUT2D eigenvalue weighted by molar-refractivity contribution is 7.26. The van der Waals surface area contributed by atoms with E-state index >= 15 is 0 Å². The predicted molar refractivity (Wildman–Crippen MR) is 217 cm³/mol. The summed E-state index contributed by atoms with van der Waals surface area (Å²) in [6.07, 6.45) is 0. The fourth-order valence-corrected chi connectivity index (χ4v) is 9.92. The lowest BCUT2D eigenvalue weighted by Gasteiger charge is -2.20. The van der Waals surface area contributed by atoms with Crippen molar-refractivity contribution in [3.05, 3.63) is 169 Å². The van der Waals surface area contributed by atoms with E-state index in [-0.39, 0.29) is 0 Å². The summed E-state index contributed by atoms with van der Waals surface area (Å²) in [6, 6.07) is 61.2. The fraction of sp³-hybridized carbons (Fsp3) is 0.0204. The zero-order valence-electron chi connectivity index (χ0n) is 27.5. The first-order chi connectivity index (χ1) is 24.7. The van der Waals surface area contributed by atoms with Gasteiger partial charge in [0, 0.05) is 25.7 Å². The monoisotopic (exact) mass is 650 g/mol. The Morgan fingerprint density at radius 3 is 1.66 bits per heavy atom. The van der Waals surface area contributed by atoms with Crippen molar-refractivity contribution in [1.29, 1.82) is 0 Å². The molecular weight excluding hydrogens is 621 g/mol. The smallest absolute Gasteiger partial charge is 0.0434 e. The zero-order chi connectivity index (χ0) is 32.9. The van der Waals surface area contributed by atoms with Crippen LogP contribution in [0.1, 0.15) is 5.56 Å². The Morgan fingerprint density at radius 2 is 0.920 bits per heavy atom. The SMILES string of the molecule is Cc1ccc(-c2c3c(c(-c4ccccc4)c4ccccc24)-c2cccc4c(-c5cccc6c5sc5cc7ccccc7cc56)ccc-3c24)cc1. The molecular formula is C49H30S. The molecule has 0 saturated carbocycles. The normalized spacial score (nSPS) is 12.1. The van der Waals surface area contributed by atoms with Crippen LogP contribution >= 0.6 is 11.3 Å². The molecule has 1 aliphatic carbocycles. The number of rotatable bonds is 3. The third-order valence-corrected chi connectivity index (χ3v) is 12.1. The molecule has 50 heavy (non-hydrogen) atoms. The molecule has 0 nitrogen and oxygen atoms in total. The molecule has 0 amide bonds. The summed E-state index contributed by atoms with van der Waals surface area (Å²) in [7, 11) is 0. The average Bonchev–Trinajstić information content (AvgIpc) is 3.70. The van der Waals surface area contributed by atoms with E-state index < -0.39 is 0 Å². The molecule has 10 aromatic rings. The minimum absolute atomic E-state index is 1.25. The van der Waals surface area contributed by atoms with Crippen LogP contribution in [-0.4, -0.2) is 0 Å². The highest BCUT2D eigenvalue weighted by Gasteiger charge is 2.31. The van der Waals surface area contributed by atoms with E-state index in [1.165, 1.54) is 114 Å². The lowest BCUT2D eigenvalue weighted by atomic mass is 9.82. The van der Waals surface area contributed by atoms with E-state index in [9.17, 15) is 0 Å². The van der Waals surface area contributed by atoms with Gasteiger partial charge in [-0.25, -0.2) is 0 Å². The Hall–Kier alpha value is -6.02. The molecule has 0 N–H and O–H groups in total. The number of aryl methyl sites for hydroxylation is 1. The summed E-state index contributed by atoms with van der Waals surface area (Å²) < 4.78 is 2.69. The van der Waals surface area contributed by atoms with Crippen molar-refractivity contribution < 1.29 is 0 Å². The predicted octanol–water partition coefficient (Wildman–Crippen LogP) is 14.5. The molecule has 9 aromatic carbocycles. The number of fused-ring (bicyclic) bond motifs is 8. The highest BCUT2D eigenvalue weighted by atomic mass is 32.1. The second kappa shape index (κ2) is 10.5. The van der Waals surface area contributed by atoms with Crippen LogP contribution in [0.5, 0.6) is 0 Å². The fourth-order valence-electron chi connectivity index (χ4n) is 8.66. The van der Waals surface area contributed by atoms with E-state index in [0.29, 0.717) is 0 Å². The molecule has 0 fully saturated rings. The van der Waals surface area contributed by atoms with Crippen LogP contribution in [0.15, 0.2) is 164 Å². The average molecular weight is 651 g/mol. The van der Waals surface area contributed by atoms with E-state index in [4.69, 9.17) is 0 Å². The van der Waals surface area contributed by atoms with Gasteiger partial charge in [0.2, 0.25) is 0 Å². The standard InChI is InChI=1S/C49H30S/c1-29-21-23-31(24-22-29)45-37-16-8-7-15-36(37)44(30-11-3-2-4-12-30)47-40-20-9-17-35-34(25-26-41(46(35)40)48(45)47)38-18-10-19-39-42-27-32-13-5-6-14-33(32)28-43(42)50-49(38)39/h2-28H,1H3. The van der Waals surface area contributed by atoms with Crippen LogP contribution in [-0.2, 0) is 0 Å². The first-order valence-corrected chi connectivity index (χ1v) is 18.2. The Bertz CT molecular complexity index is 3020. The van der Waals surface area contributed by atoms with Crippen molar-refractivity contribution in [3.8, 4) is 55.6 Å². The van der Waals surface area contributed by atoms with Gasteiger partial charge in [0.1, 0.15) is 0 Å². The molecule has 1 heterocycles. The van der Waals surface area contributed by atoms with E-state index in [1.807, 2.05) is 11.3 Å². The first kappa shape index (κ1) is 27.9. The van der Waals surface area contributed by atoms with Crippen molar-refractivity contribution in [2.24, 2.45) is 0 Å². The number of benzene rings is 9. The number of hydrogen-bond acceptors (Lipinski definition) is 1. The summed E-state index contributed by atoms with van der Waals surface area (Å²) in [5, 5.41) is 10.5. The lowest BCUT2D eigenvalue weighted by molar-refractivity contribution is 1.47. The Labute approximate surface area is 294 Å². The molecule has 0 radical (unpaired) electrons. The molecule has 0 aliphatic heterocycles. The van der Waals surface area contributed by atoms with E-state index in [0.717, 1.165) is 0 Å². The van der Waals surface area contributed by atoms with Gasteiger partial charge in [0.05, 0.1) is 0 Å². The van der Waals surface area contributed by atoms with Crippen LogP contribution < -0.4 is 0 Å². The van der Waals surface area contributed by atoms with Gasteiger partial charge in [-0.05, 0) is 101 Å². The third-order valence-electron chi connectivity index (χ3n) is 10.9. The molecule has 11 rings (SSSR count). The van der Waals surface area contributed by atoms with Crippen molar-refractivity contribution in [2.75, 3.05) is 0 Å². The highest BCUT2D eigenvalue weighted by Crippen LogP contribution is 2.58. The maximum Gasteiger partial charge on any atom is 0.0434 e. The van der Waals surface area contributed by atoms with Crippen LogP contribution in [0, 0.1) is 6.92 Å². The summed E-state index contributed by atoms with van der Waals surface area (Å²) in [5.41, 5.74) is 14.3. The molecule has 232 valence electrons. The van der Waals surface area contributed by atoms with Crippen molar-refractivity contribution in [1.82, 2.24) is 0 Å². The van der Waals surface area contributed by atoms with Gasteiger partial charge >= 0.3 is 0 Å². The van der Waals surface area contributed by atoms with E-state index in [1.54, 1.807) is 0 Å². The molecule has 1 aromatic heterocycles. The van der Waals surface area contributed by atoms with Crippen molar-refractivity contribution in [2.45, 2.75) is 6.92 Å². The van der Waals surface area contributed by atoms with Gasteiger partial charge in [-0.3, -0.25) is 0 Å². The lowest BCUT2D eigenvalue weighted by Crippen LogP contribution is -1.93. The van der Waals surface area contributed by atoms with E-state index in [2.05, 4.69) is 171 Å². The van der Waals surface area contributed by atoms with Gasteiger partial charge in [-0.2, -0.15) is 0 Å². The molecule has 1 aliphatic rings. The van der Waals surface area contributed by atoms with Gasteiger partial charge in [0.25, 0.3) is 0 Å². The maximum atomic E-state index is 2.41. The maximum absolute atomic E-state index is 2.41. The van der Waals surface area contributed by atoms with Crippen molar-refractivity contribution in [3.63, 3.8) is 0 Å². The summed E-state index contributed by atoms with van der Waals surface area (Å²) >= 11 is 1.92. The van der Waals surface area contributed by atoms with Crippen LogP contribution in [0.3, 0.4) is 0 Å². The minimum atomic E-state index is 1.25. The molecule has 0 saturated heterocycles. The van der Waals surface area contributed by atoms with Crippen LogP contribution in [0.4, 0.5) is 0 Å². The number of hydrogen-bond donors (Lipinski definition) is 0. The third kappa shape index (κ3) is 3.87. The molecule has 0 atom stereocenters. The van der Waals surface area contributed by atoms with Crippen LogP contribution in [0.25, 0.3) is 108 Å². The number of thiophene rings is 1.